The number of benzene rings is 1. The number of aryl methyl sites for hydroxylation is 1. The molecule has 0 atom stereocenters. The molecule has 1 aromatic rings. The van der Waals surface area contributed by atoms with Gasteiger partial charge in [-0.15, -0.1) is 0 Å². The van der Waals surface area contributed by atoms with Gasteiger partial charge in [0.05, 0.1) is 13.7 Å². The minimum absolute atomic E-state index is 0.209. The van der Waals surface area contributed by atoms with Crippen molar-refractivity contribution in [1.82, 2.24) is 0 Å². The van der Waals surface area contributed by atoms with Gasteiger partial charge >= 0.3 is 5.97 Å². The first-order valence-electron chi connectivity index (χ1n) is 6.45. The maximum Gasteiger partial charge on any atom is 0.305 e. The number of hydrogen-bond donors (Lipinski definition) is 0. The van der Waals surface area contributed by atoms with Crippen molar-refractivity contribution in [3.8, 4) is 5.75 Å². The normalized spacial score (nSPS) is 10.6. The Labute approximate surface area is 119 Å². The zero-order chi connectivity index (χ0) is 14.4. The molecule has 0 amide bonds. The second-order valence-corrected chi connectivity index (χ2v) is 5.23. The van der Waals surface area contributed by atoms with E-state index in [0.29, 0.717) is 25.4 Å². The van der Waals surface area contributed by atoms with Crippen LogP contribution in [0.1, 0.15) is 43.7 Å². The first-order valence-corrected chi connectivity index (χ1v) is 6.83. The number of carbonyl (C=O) groups excluding carboxylic acids is 1. The largest absolute Gasteiger partial charge is 0.493 e. The lowest BCUT2D eigenvalue weighted by molar-refractivity contribution is -0.140. The second kappa shape index (κ2) is 7.39. The molecule has 3 nitrogen and oxygen atoms in total. The van der Waals surface area contributed by atoms with Crippen LogP contribution in [0.5, 0.6) is 5.75 Å². The molecule has 0 saturated heterocycles. The molecule has 0 fully saturated rings. The molecule has 0 heterocycles. The van der Waals surface area contributed by atoms with Crippen LogP contribution in [0.3, 0.4) is 0 Å². The van der Waals surface area contributed by atoms with E-state index in [1.54, 1.807) is 0 Å². The number of esters is 1. The van der Waals surface area contributed by atoms with Crippen LogP contribution in [0, 0.1) is 6.92 Å². The van der Waals surface area contributed by atoms with E-state index in [0.717, 1.165) is 21.9 Å². The maximum absolute atomic E-state index is 11.0. The van der Waals surface area contributed by atoms with Crippen molar-refractivity contribution in [1.29, 1.82) is 0 Å². The van der Waals surface area contributed by atoms with Crippen LogP contribution in [0.25, 0.3) is 0 Å². The summed E-state index contributed by atoms with van der Waals surface area (Å²) in [5, 5.41) is 0.773. The summed E-state index contributed by atoms with van der Waals surface area (Å²) in [7, 11) is 1.39. The summed E-state index contributed by atoms with van der Waals surface area (Å²) in [5.74, 6) is 0.975. The van der Waals surface area contributed by atoms with E-state index in [1.807, 2.05) is 19.1 Å². The number of methoxy groups -OCH3 is 1. The first kappa shape index (κ1) is 15.8. The quantitative estimate of drug-likeness (QED) is 0.583. The van der Waals surface area contributed by atoms with Gasteiger partial charge in [-0.2, -0.15) is 0 Å². The molecule has 106 valence electrons. The van der Waals surface area contributed by atoms with E-state index in [2.05, 4.69) is 18.6 Å². The van der Waals surface area contributed by atoms with Crippen LogP contribution in [0.15, 0.2) is 12.1 Å². The average molecular weight is 285 g/mol. The third-order valence-electron chi connectivity index (χ3n) is 2.93. The van der Waals surface area contributed by atoms with Gasteiger partial charge in [-0.05, 0) is 42.5 Å². The van der Waals surface area contributed by atoms with E-state index in [-0.39, 0.29) is 5.97 Å². The molecule has 0 aliphatic heterocycles. The topological polar surface area (TPSA) is 35.5 Å². The lowest BCUT2D eigenvalue weighted by Crippen LogP contribution is -2.05. The zero-order valence-corrected chi connectivity index (χ0v) is 12.7. The highest BCUT2D eigenvalue weighted by Crippen LogP contribution is 2.31. The Morgan fingerprint density at radius 1 is 1.37 bits per heavy atom. The maximum atomic E-state index is 11.0. The monoisotopic (exact) mass is 284 g/mol. The summed E-state index contributed by atoms with van der Waals surface area (Å²) >= 11 is 6.20. The molecule has 0 saturated carbocycles. The van der Waals surface area contributed by atoms with Crippen molar-refractivity contribution in [3.05, 3.63) is 28.3 Å². The first-order chi connectivity index (χ1) is 8.95. The standard InChI is InChI=1S/C15H21ClO3/c1-10(2)12-9-14(11(3)8-13(12)16)19-7-5-6-15(17)18-4/h8-10H,5-7H2,1-4H3. The van der Waals surface area contributed by atoms with Crippen LogP contribution in [-0.2, 0) is 9.53 Å². The van der Waals surface area contributed by atoms with Crippen molar-refractivity contribution in [2.75, 3.05) is 13.7 Å². The van der Waals surface area contributed by atoms with Crippen LogP contribution in [0.2, 0.25) is 5.02 Å². The van der Waals surface area contributed by atoms with Gasteiger partial charge in [0.1, 0.15) is 5.75 Å². The van der Waals surface area contributed by atoms with E-state index in [9.17, 15) is 4.79 Å². The molecule has 0 bridgehead atoms. The second-order valence-electron chi connectivity index (χ2n) is 4.82. The molecule has 0 aromatic heterocycles. The Kier molecular flexibility index (Phi) is 6.16. The Balaban J connectivity index is 2.63. The van der Waals surface area contributed by atoms with Gasteiger partial charge < -0.3 is 9.47 Å². The van der Waals surface area contributed by atoms with Gasteiger partial charge in [-0.3, -0.25) is 4.79 Å². The molecule has 0 N–H and O–H groups in total. The Morgan fingerprint density at radius 3 is 2.63 bits per heavy atom. The molecule has 0 unspecified atom stereocenters. The lowest BCUT2D eigenvalue weighted by atomic mass is 10.0. The number of rotatable bonds is 6. The highest BCUT2D eigenvalue weighted by atomic mass is 35.5. The highest BCUT2D eigenvalue weighted by Gasteiger charge is 2.10. The Hall–Kier alpha value is -1.22. The minimum Gasteiger partial charge on any atom is -0.493 e. The summed E-state index contributed by atoms with van der Waals surface area (Å²) in [6, 6.07) is 3.91. The molecule has 1 rings (SSSR count). The predicted octanol–water partition coefficient (Wildman–Crippen LogP) is 4.10. The molecular formula is C15H21ClO3. The van der Waals surface area contributed by atoms with E-state index in [1.165, 1.54) is 7.11 Å². The van der Waals surface area contributed by atoms with Crippen molar-refractivity contribution in [3.63, 3.8) is 0 Å². The summed E-state index contributed by atoms with van der Waals surface area (Å²) in [5.41, 5.74) is 2.09. The summed E-state index contributed by atoms with van der Waals surface area (Å²) in [4.78, 5) is 11.0. The van der Waals surface area contributed by atoms with Gasteiger partial charge in [-0.25, -0.2) is 0 Å². The van der Waals surface area contributed by atoms with Gasteiger partial charge in [0.25, 0.3) is 0 Å². The average Bonchev–Trinajstić information content (AvgIpc) is 2.35. The molecule has 1 aromatic carbocycles. The van der Waals surface area contributed by atoms with Crippen molar-refractivity contribution >= 4 is 17.6 Å². The third-order valence-corrected chi connectivity index (χ3v) is 3.25. The highest BCUT2D eigenvalue weighted by molar-refractivity contribution is 6.31. The Morgan fingerprint density at radius 2 is 2.05 bits per heavy atom. The lowest BCUT2D eigenvalue weighted by Gasteiger charge is -2.14. The van der Waals surface area contributed by atoms with Crippen molar-refractivity contribution < 1.29 is 14.3 Å². The molecule has 0 aliphatic rings. The predicted molar refractivity (Wildman–Crippen MR) is 77.0 cm³/mol. The van der Waals surface area contributed by atoms with Crippen molar-refractivity contribution in [2.24, 2.45) is 0 Å². The molecule has 0 radical (unpaired) electrons. The van der Waals surface area contributed by atoms with Gasteiger partial charge in [0, 0.05) is 11.4 Å². The van der Waals surface area contributed by atoms with E-state index in [4.69, 9.17) is 16.3 Å². The van der Waals surface area contributed by atoms with Crippen LogP contribution < -0.4 is 4.74 Å². The number of ether oxygens (including phenoxy) is 2. The van der Waals surface area contributed by atoms with Crippen molar-refractivity contribution in [2.45, 2.75) is 39.5 Å². The van der Waals surface area contributed by atoms with Gasteiger partial charge in [0.15, 0.2) is 0 Å². The Bertz CT molecular complexity index is 441. The summed E-state index contributed by atoms with van der Waals surface area (Å²) in [6.45, 7) is 6.65. The van der Waals surface area contributed by atoms with Gasteiger partial charge in [0.2, 0.25) is 0 Å². The van der Waals surface area contributed by atoms with Crippen LogP contribution in [-0.4, -0.2) is 19.7 Å². The molecule has 19 heavy (non-hydrogen) atoms. The SMILES string of the molecule is COC(=O)CCCOc1cc(C(C)C)c(Cl)cc1C. The number of carbonyl (C=O) groups is 1. The molecule has 0 spiro atoms. The molecule has 0 aliphatic carbocycles. The smallest absolute Gasteiger partial charge is 0.305 e. The minimum atomic E-state index is -0.209. The summed E-state index contributed by atoms with van der Waals surface area (Å²) < 4.78 is 10.3. The zero-order valence-electron chi connectivity index (χ0n) is 12.0. The molecule has 4 heteroatoms. The van der Waals surface area contributed by atoms with E-state index < -0.39 is 0 Å². The molecular weight excluding hydrogens is 264 g/mol. The fourth-order valence-electron chi connectivity index (χ4n) is 1.77. The fraction of sp³-hybridized carbons (Fsp3) is 0.533. The van der Waals surface area contributed by atoms with Crippen LogP contribution >= 0.6 is 11.6 Å². The third kappa shape index (κ3) is 4.75. The number of hydrogen-bond acceptors (Lipinski definition) is 3. The number of halogens is 1. The van der Waals surface area contributed by atoms with Crippen LogP contribution in [0.4, 0.5) is 0 Å². The fourth-order valence-corrected chi connectivity index (χ4v) is 2.20. The summed E-state index contributed by atoms with van der Waals surface area (Å²) in [6.07, 6.45) is 1.02. The van der Waals surface area contributed by atoms with E-state index >= 15 is 0 Å². The van der Waals surface area contributed by atoms with Gasteiger partial charge in [-0.1, -0.05) is 25.4 Å².